The van der Waals surface area contributed by atoms with Crippen molar-refractivity contribution in [3.8, 4) is 11.4 Å². The van der Waals surface area contributed by atoms with E-state index >= 15 is 0 Å². The van der Waals surface area contributed by atoms with Crippen LogP contribution in [0.4, 0.5) is 28.7 Å². The molecule has 19 nitrogen and oxygen atoms in total. The molecule has 11 heterocycles. The van der Waals surface area contributed by atoms with Gasteiger partial charge in [0.15, 0.2) is 5.75 Å². The summed E-state index contributed by atoms with van der Waals surface area (Å²) in [6, 6.07) is 11.2. The molecule has 0 radical (unpaired) electrons. The highest BCUT2D eigenvalue weighted by Gasteiger charge is 2.49. The van der Waals surface area contributed by atoms with Crippen LogP contribution in [0.15, 0.2) is 55.0 Å². The first-order chi connectivity index (χ1) is 35.2. The van der Waals surface area contributed by atoms with Crippen molar-refractivity contribution in [2.24, 2.45) is 5.41 Å². The van der Waals surface area contributed by atoms with E-state index in [2.05, 4.69) is 72.7 Å². The molecule has 7 aliphatic heterocycles. The van der Waals surface area contributed by atoms with Crippen LogP contribution >= 0.6 is 0 Å². The number of benzene rings is 1. The van der Waals surface area contributed by atoms with Crippen molar-refractivity contribution in [2.75, 3.05) is 65.9 Å². The standard InChI is InChI=1S/C54H58N12O7/c1-29-26-60(32-13-16-62-34(22-32)28-73-47-39(62)7-6-35-45(47)53(72)66(51(35)70)40-8-10-44(67)59-49(40)68)17-18-61(29)33-5-9-43(57-25-33)58-36-27-65(38-12-15-56-50(69)46(36)38)37-11-14-55-48(30(37)2)64-20-19-63-41(52(64)71)21-31-23-54(3,4)24-42(31)63/h5-7,9,11,14,21,25,27,29,32,34,40H,8,10,12-13,15-20,22-24,26,28H2,1-4H3,(H,56,69)(H,57,58)(H,59,67,68)/t29-,32?,34?,40?/m0/s1. The number of piperazine rings is 1. The fourth-order valence-electron chi connectivity index (χ4n) is 13.3. The average Bonchev–Trinajstić information content (AvgIpc) is 4.08. The predicted octanol–water partition coefficient (Wildman–Crippen LogP) is 4.53. The maximum absolute atomic E-state index is 14.1. The first kappa shape index (κ1) is 45.3. The van der Waals surface area contributed by atoms with Crippen LogP contribution in [-0.4, -0.2) is 134 Å². The van der Waals surface area contributed by atoms with E-state index in [1.807, 2.05) is 42.4 Å². The molecule has 3 N–H and O–H groups in total. The Balaban J connectivity index is 0.668. The van der Waals surface area contributed by atoms with Gasteiger partial charge in [0.25, 0.3) is 23.6 Å². The van der Waals surface area contributed by atoms with Crippen molar-refractivity contribution in [3.05, 3.63) is 99.9 Å². The Hall–Kier alpha value is -7.54. The van der Waals surface area contributed by atoms with Crippen LogP contribution in [0, 0.1) is 12.3 Å². The van der Waals surface area contributed by atoms with Crippen LogP contribution in [0.5, 0.6) is 5.75 Å². The number of piperidine rings is 2. The Morgan fingerprint density at radius 3 is 2.49 bits per heavy atom. The summed E-state index contributed by atoms with van der Waals surface area (Å²) in [7, 11) is 0. The van der Waals surface area contributed by atoms with Crippen LogP contribution in [0.1, 0.15) is 111 Å². The smallest absolute Gasteiger partial charge is 0.276 e. The molecule has 0 saturated carbocycles. The van der Waals surface area contributed by atoms with Crippen LogP contribution in [0.2, 0.25) is 0 Å². The number of ether oxygens (including phenoxy) is 1. The van der Waals surface area contributed by atoms with Gasteiger partial charge in [-0.1, -0.05) is 13.8 Å². The second-order valence-electron chi connectivity index (χ2n) is 21.8. The zero-order chi connectivity index (χ0) is 50.2. The van der Waals surface area contributed by atoms with E-state index in [0.717, 1.165) is 97.3 Å². The number of amides is 6. The van der Waals surface area contributed by atoms with Crippen molar-refractivity contribution < 1.29 is 33.5 Å². The molecule has 4 atom stereocenters. The van der Waals surface area contributed by atoms with E-state index in [0.29, 0.717) is 60.8 Å². The number of rotatable bonds is 7. The normalized spacial score (nSPS) is 24.3. The molecule has 3 unspecified atom stereocenters. The molecule has 13 rings (SSSR count). The molecule has 3 saturated heterocycles. The largest absolute Gasteiger partial charge is 0.488 e. The molecule has 1 aromatic carbocycles. The van der Waals surface area contributed by atoms with Gasteiger partial charge in [0.1, 0.15) is 30.0 Å². The van der Waals surface area contributed by atoms with Gasteiger partial charge in [-0.2, -0.15) is 0 Å². The molecule has 5 aromatic rings. The lowest BCUT2D eigenvalue weighted by Gasteiger charge is -2.50. The van der Waals surface area contributed by atoms with Gasteiger partial charge >= 0.3 is 0 Å². The van der Waals surface area contributed by atoms with Gasteiger partial charge in [-0.25, -0.2) is 9.97 Å². The molecule has 19 heteroatoms. The second-order valence-corrected chi connectivity index (χ2v) is 21.8. The van der Waals surface area contributed by atoms with E-state index < -0.39 is 29.7 Å². The van der Waals surface area contributed by atoms with Crippen LogP contribution in [0.3, 0.4) is 0 Å². The number of hydrogen-bond donors (Lipinski definition) is 3. The summed E-state index contributed by atoms with van der Waals surface area (Å²) in [4.78, 5) is 99.1. The fraction of sp³-hybridized carbons (Fsp3) is 0.444. The number of fused-ring (bicyclic) bond motifs is 9. The van der Waals surface area contributed by atoms with Crippen LogP contribution in [0.25, 0.3) is 5.69 Å². The summed E-state index contributed by atoms with van der Waals surface area (Å²) < 4.78 is 10.6. The molecule has 4 aromatic heterocycles. The fourth-order valence-corrected chi connectivity index (χ4v) is 13.3. The Morgan fingerprint density at radius 1 is 0.822 bits per heavy atom. The molecule has 1 aliphatic carbocycles. The topological polar surface area (TPSA) is 200 Å². The minimum absolute atomic E-state index is 0.0354. The third-order valence-electron chi connectivity index (χ3n) is 16.7. The zero-order valence-corrected chi connectivity index (χ0v) is 41.5. The Morgan fingerprint density at radius 2 is 1.68 bits per heavy atom. The number of imide groups is 2. The average molecular weight is 987 g/mol. The molecule has 6 amide bonds. The third-order valence-corrected chi connectivity index (χ3v) is 16.7. The second kappa shape index (κ2) is 16.8. The summed E-state index contributed by atoms with van der Waals surface area (Å²) >= 11 is 0. The van der Waals surface area contributed by atoms with Crippen LogP contribution < -0.4 is 35.4 Å². The van der Waals surface area contributed by atoms with Gasteiger partial charge in [-0.05, 0) is 93.3 Å². The van der Waals surface area contributed by atoms with E-state index in [1.54, 1.807) is 12.3 Å². The highest BCUT2D eigenvalue weighted by atomic mass is 16.5. The Labute approximate surface area is 421 Å². The summed E-state index contributed by atoms with van der Waals surface area (Å²) in [5.74, 6) is -0.687. The van der Waals surface area contributed by atoms with Crippen molar-refractivity contribution in [1.29, 1.82) is 0 Å². The van der Waals surface area contributed by atoms with Gasteiger partial charge in [0.2, 0.25) is 11.8 Å². The van der Waals surface area contributed by atoms with Gasteiger partial charge in [0, 0.05) is 100 Å². The highest BCUT2D eigenvalue weighted by Crippen LogP contribution is 2.46. The molecular formula is C54H58N12O7. The molecule has 0 spiro atoms. The molecule has 3 fully saturated rings. The van der Waals surface area contributed by atoms with Crippen LogP contribution in [-0.2, 0) is 35.4 Å². The van der Waals surface area contributed by atoms with Crippen molar-refractivity contribution in [2.45, 2.75) is 103 Å². The minimum atomic E-state index is -1.03. The predicted molar refractivity (Wildman–Crippen MR) is 270 cm³/mol. The highest BCUT2D eigenvalue weighted by molar-refractivity contribution is 6.25. The number of nitrogens with zero attached hydrogens (tertiary/aromatic N) is 9. The zero-order valence-electron chi connectivity index (χ0n) is 41.5. The van der Waals surface area contributed by atoms with E-state index in [4.69, 9.17) is 14.7 Å². The first-order valence-electron chi connectivity index (χ1n) is 25.7. The summed E-state index contributed by atoms with van der Waals surface area (Å²) in [5.41, 5.74) is 9.56. The van der Waals surface area contributed by atoms with Gasteiger partial charge in [0.05, 0.1) is 51.7 Å². The summed E-state index contributed by atoms with van der Waals surface area (Å²) in [6.45, 7) is 14.3. The van der Waals surface area contributed by atoms with Crippen molar-refractivity contribution in [1.82, 2.24) is 39.5 Å². The quantitative estimate of drug-likeness (QED) is 0.193. The molecule has 376 valence electrons. The monoisotopic (exact) mass is 986 g/mol. The van der Waals surface area contributed by atoms with Crippen molar-refractivity contribution in [3.63, 3.8) is 0 Å². The molecule has 8 aliphatic rings. The number of anilines is 5. The third kappa shape index (κ3) is 7.23. The number of pyridine rings is 2. The molecule has 73 heavy (non-hydrogen) atoms. The maximum atomic E-state index is 14.1. The van der Waals surface area contributed by atoms with E-state index in [9.17, 15) is 28.8 Å². The van der Waals surface area contributed by atoms with Crippen molar-refractivity contribution >= 4 is 64.1 Å². The SMILES string of the molecule is Cc1c(-n2cc(Nc3ccc(N4CCN(C5CCN6c7ccc8c(c7OCC6C5)C(=O)N(C5CCC(=O)NC5=O)C8=O)C[C@@H]4C)cn3)c3c2CCNC3=O)ccnc1N1CCn2c(cc3c2CC(C)(C)C3)C1=O. The number of aromatic nitrogens is 4. The van der Waals surface area contributed by atoms with E-state index in [-0.39, 0.29) is 53.3 Å². The summed E-state index contributed by atoms with van der Waals surface area (Å²) in [6.07, 6.45) is 10.2. The Bertz CT molecular complexity index is 3230. The lowest BCUT2D eigenvalue weighted by Crippen LogP contribution is -2.59. The first-order valence-corrected chi connectivity index (χ1v) is 25.7. The number of carbonyl (C=O) groups excluding carboxylic acids is 6. The lowest BCUT2D eigenvalue weighted by molar-refractivity contribution is -0.136. The van der Waals surface area contributed by atoms with Gasteiger partial charge in [-0.15, -0.1) is 0 Å². The lowest BCUT2D eigenvalue weighted by atomic mass is 9.90. The van der Waals surface area contributed by atoms with E-state index in [1.165, 1.54) is 11.3 Å². The minimum Gasteiger partial charge on any atom is -0.488 e. The molecular weight excluding hydrogens is 929 g/mol. The molecule has 0 bridgehead atoms. The van der Waals surface area contributed by atoms with Gasteiger partial charge < -0.3 is 34.3 Å². The Kier molecular flexibility index (Phi) is 10.4. The maximum Gasteiger partial charge on any atom is 0.276 e. The number of nitrogens with one attached hydrogen (secondary N) is 3. The van der Waals surface area contributed by atoms with Gasteiger partial charge in [-0.3, -0.25) is 48.8 Å². The summed E-state index contributed by atoms with van der Waals surface area (Å²) in [5, 5.41) is 8.76. The number of hydrogen-bond acceptors (Lipinski definition) is 13. The number of carbonyl (C=O) groups is 6.